The second-order valence-corrected chi connectivity index (χ2v) is 13.4. The monoisotopic (exact) mass is 576 g/mol. The van der Waals surface area contributed by atoms with Crippen molar-refractivity contribution in [1.29, 1.82) is 0 Å². The fourth-order valence-corrected chi connectivity index (χ4v) is 6.80. The largest absolute Gasteiger partial charge is 0.489 e. The van der Waals surface area contributed by atoms with E-state index in [1.165, 1.54) is 12.3 Å². The Hall–Kier alpha value is -3.12. The molecule has 2 aliphatic carbocycles. The van der Waals surface area contributed by atoms with Gasteiger partial charge in [-0.25, -0.2) is 14.2 Å². The number of halogens is 2. The number of carbonyl (C=O) groups is 2. The maximum absolute atomic E-state index is 14.7. The van der Waals surface area contributed by atoms with Gasteiger partial charge in [-0.05, 0) is 93.8 Å². The molecule has 9 nitrogen and oxygen atoms in total. The summed E-state index contributed by atoms with van der Waals surface area (Å²) in [6.07, 6.45) is 3.17. The fraction of sp³-hybridized carbons (Fsp3) is 0.536. The highest BCUT2D eigenvalue weighted by molar-refractivity contribution is 7.88. The number of aliphatic hydroxyl groups excluding tert-OH is 1. The van der Waals surface area contributed by atoms with Crippen LogP contribution < -0.4 is 15.0 Å². The Morgan fingerprint density at radius 1 is 1.27 bits per heavy atom. The van der Waals surface area contributed by atoms with E-state index in [9.17, 15) is 23.5 Å². The van der Waals surface area contributed by atoms with Crippen LogP contribution >= 0.6 is 0 Å². The third-order valence-corrected chi connectivity index (χ3v) is 9.24. The molecule has 216 valence electrons. The molecule has 3 aliphatic rings. The summed E-state index contributed by atoms with van der Waals surface area (Å²) >= 11 is 0. The fourth-order valence-electron chi connectivity index (χ4n) is 4.97. The molecule has 3 unspecified atom stereocenters. The summed E-state index contributed by atoms with van der Waals surface area (Å²) in [7, 11) is -1.07. The van der Waals surface area contributed by atoms with E-state index in [-0.39, 0.29) is 28.9 Å². The summed E-state index contributed by atoms with van der Waals surface area (Å²) < 4.78 is 43.7. The zero-order valence-corrected chi connectivity index (χ0v) is 23.8. The highest BCUT2D eigenvalue weighted by atomic mass is 32.2. The topological polar surface area (TPSA) is 113 Å². The molecule has 5 rings (SSSR count). The van der Waals surface area contributed by atoms with Gasteiger partial charge in [-0.1, -0.05) is 0 Å². The Balaban J connectivity index is 1.40. The molecule has 2 amide bonds. The number of anilines is 2. The summed E-state index contributed by atoms with van der Waals surface area (Å²) in [4.78, 5) is 32.3. The van der Waals surface area contributed by atoms with Gasteiger partial charge in [0.05, 0.1) is 23.6 Å². The summed E-state index contributed by atoms with van der Waals surface area (Å²) in [6, 6.07) is 5.17. The van der Waals surface area contributed by atoms with E-state index < -0.39 is 46.2 Å². The molecule has 0 bridgehead atoms. The highest BCUT2D eigenvalue weighted by Gasteiger charge is 2.54. The van der Waals surface area contributed by atoms with Crippen molar-refractivity contribution in [3.8, 4) is 5.75 Å². The first-order chi connectivity index (χ1) is 18.9. The summed E-state index contributed by atoms with van der Waals surface area (Å²) in [5.74, 6) is -2.58. The molecule has 4 atom stereocenters. The van der Waals surface area contributed by atoms with Crippen molar-refractivity contribution in [3.63, 3.8) is 0 Å². The van der Waals surface area contributed by atoms with Crippen molar-refractivity contribution in [2.45, 2.75) is 81.4 Å². The van der Waals surface area contributed by atoms with Crippen LogP contribution in [0.2, 0.25) is 0 Å². The van der Waals surface area contributed by atoms with Gasteiger partial charge in [0.25, 0.3) is 0 Å². The zero-order valence-electron chi connectivity index (χ0n) is 22.9. The molecule has 2 heterocycles. The van der Waals surface area contributed by atoms with E-state index in [1.807, 2.05) is 0 Å². The van der Waals surface area contributed by atoms with Crippen molar-refractivity contribution >= 4 is 34.1 Å². The van der Waals surface area contributed by atoms with Crippen molar-refractivity contribution in [2.24, 2.45) is 9.78 Å². The Bertz CT molecular complexity index is 1360. The van der Waals surface area contributed by atoms with Crippen LogP contribution in [0.4, 0.5) is 25.0 Å². The van der Waals surface area contributed by atoms with Gasteiger partial charge in [0.1, 0.15) is 16.7 Å². The first kappa shape index (κ1) is 28.4. The number of carbonyl (C=O) groups excluding carboxylic acids is 2. The molecule has 40 heavy (non-hydrogen) atoms. The number of benzene rings is 1. The van der Waals surface area contributed by atoms with E-state index in [2.05, 4.69) is 14.7 Å². The van der Waals surface area contributed by atoms with E-state index in [0.717, 1.165) is 18.9 Å². The van der Waals surface area contributed by atoms with Crippen LogP contribution in [0.15, 0.2) is 39.9 Å². The van der Waals surface area contributed by atoms with E-state index in [0.29, 0.717) is 35.8 Å². The van der Waals surface area contributed by atoms with Gasteiger partial charge >= 0.3 is 6.09 Å². The van der Waals surface area contributed by atoms with Gasteiger partial charge in [0.2, 0.25) is 11.7 Å². The molecule has 2 aromatic rings. The van der Waals surface area contributed by atoms with Crippen LogP contribution in [-0.4, -0.2) is 58.2 Å². The molecule has 2 saturated carbocycles. The van der Waals surface area contributed by atoms with Crippen LogP contribution in [0, 0.1) is 17.0 Å². The molecule has 1 aromatic carbocycles. The third kappa shape index (κ3) is 6.12. The van der Waals surface area contributed by atoms with Crippen LogP contribution in [0.3, 0.4) is 0 Å². The quantitative estimate of drug-likeness (QED) is 0.478. The second-order valence-electron chi connectivity index (χ2n) is 11.6. The molecule has 1 saturated heterocycles. The molecule has 1 aliphatic heterocycles. The number of aliphatic hydroxyl groups is 1. The standard InChI is InChI=1S/C28H34F2N4O5S/c1-5-38-24-18(7-6-17(29)23(24)30)34-15-28(9-10-28)14-19(34)25(36)32-16-8-11-31-22(12-16)40(21-13-20(21)35)33-26(37)39-27(2,3)4/h6-8,11-12,19-21,35H,5,9-10,13-15H2,1-4H3,(H,31,32,36)/t19?,20?,21?,40-/m0/s1. The summed E-state index contributed by atoms with van der Waals surface area (Å²) in [5, 5.41) is 13.2. The van der Waals surface area contributed by atoms with Gasteiger partial charge in [-0.3, -0.25) is 4.79 Å². The lowest BCUT2D eigenvalue weighted by atomic mass is 10.0. The number of ether oxygens (including phenoxy) is 2. The number of aromatic nitrogens is 1. The molecule has 0 radical (unpaired) electrons. The van der Waals surface area contributed by atoms with Crippen LogP contribution in [0.25, 0.3) is 0 Å². The molecular formula is C28H34F2N4O5S. The van der Waals surface area contributed by atoms with Crippen LogP contribution in [-0.2, 0) is 20.2 Å². The van der Waals surface area contributed by atoms with E-state index >= 15 is 0 Å². The lowest BCUT2D eigenvalue weighted by molar-refractivity contribution is -0.117. The van der Waals surface area contributed by atoms with Crippen molar-refractivity contribution in [3.05, 3.63) is 42.1 Å². The van der Waals surface area contributed by atoms with Crippen molar-refractivity contribution in [2.75, 3.05) is 23.4 Å². The molecule has 12 heteroatoms. The van der Waals surface area contributed by atoms with E-state index in [1.54, 1.807) is 44.7 Å². The smallest absolute Gasteiger partial charge is 0.440 e. The molecule has 3 fully saturated rings. The average molecular weight is 577 g/mol. The van der Waals surface area contributed by atoms with Crippen molar-refractivity contribution in [1.82, 2.24) is 4.98 Å². The predicted octanol–water partition coefficient (Wildman–Crippen LogP) is 4.99. The summed E-state index contributed by atoms with van der Waals surface area (Å²) in [6.45, 7) is 7.61. The Morgan fingerprint density at radius 2 is 2.00 bits per heavy atom. The molecular weight excluding hydrogens is 542 g/mol. The Labute approximate surface area is 234 Å². The predicted molar refractivity (Wildman–Crippen MR) is 147 cm³/mol. The number of rotatable bonds is 7. The molecule has 1 spiro atoms. The Morgan fingerprint density at radius 3 is 2.62 bits per heavy atom. The number of amides is 2. The third-order valence-electron chi connectivity index (χ3n) is 7.17. The zero-order chi connectivity index (χ0) is 28.8. The van der Waals surface area contributed by atoms with Gasteiger partial charge < -0.3 is 24.8 Å². The lowest BCUT2D eigenvalue weighted by Crippen LogP contribution is -2.40. The number of nitrogens with zero attached hydrogens (tertiary/aromatic N) is 3. The Kier molecular flexibility index (Phi) is 7.60. The second kappa shape index (κ2) is 10.7. The van der Waals surface area contributed by atoms with Crippen LogP contribution in [0.1, 0.15) is 53.4 Å². The number of hydrogen-bond acceptors (Lipinski definition) is 7. The average Bonchev–Trinajstić information content (AvgIpc) is 3.76. The van der Waals surface area contributed by atoms with Gasteiger partial charge in [0, 0.05) is 18.4 Å². The first-order valence-electron chi connectivity index (χ1n) is 13.4. The van der Waals surface area contributed by atoms with Gasteiger partial charge in [-0.2, -0.15) is 4.39 Å². The van der Waals surface area contributed by atoms with Gasteiger partial charge in [-0.15, -0.1) is 4.36 Å². The minimum atomic E-state index is -1.07. The number of pyridine rings is 1. The first-order valence-corrected chi connectivity index (χ1v) is 14.6. The number of nitrogens with one attached hydrogen (secondary N) is 1. The minimum absolute atomic E-state index is 0.0410. The number of hydrogen-bond donors (Lipinski definition) is 2. The van der Waals surface area contributed by atoms with E-state index in [4.69, 9.17) is 9.47 Å². The minimum Gasteiger partial charge on any atom is -0.489 e. The van der Waals surface area contributed by atoms with Crippen LogP contribution in [0.5, 0.6) is 5.75 Å². The summed E-state index contributed by atoms with van der Waals surface area (Å²) in [5.41, 5.74) is 0.0398. The molecule has 1 aromatic heterocycles. The van der Waals surface area contributed by atoms with Crippen molar-refractivity contribution < 1.29 is 33.0 Å². The SMILES string of the molecule is CCOc1c(N2CC3(CC3)CC2C(=O)Nc2ccnc(/[S@@](=N/C(=O)OC(C)(C)C)C3CC3O)c2)ccc(F)c1F. The normalized spacial score (nSPS) is 23.7. The molecule has 2 N–H and O–H groups in total. The lowest BCUT2D eigenvalue weighted by Gasteiger charge is -2.28. The maximum atomic E-state index is 14.7. The maximum Gasteiger partial charge on any atom is 0.440 e. The van der Waals surface area contributed by atoms with Gasteiger partial charge in [0.15, 0.2) is 11.6 Å². The highest BCUT2D eigenvalue weighted by Crippen LogP contribution is 2.56.